The Morgan fingerprint density at radius 3 is 1.40 bits per heavy atom. The van der Waals surface area contributed by atoms with Crippen molar-refractivity contribution in [1.82, 2.24) is 0 Å². The molecule has 2 aromatic carbocycles. The summed E-state index contributed by atoms with van der Waals surface area (Å²) < 4.78 is 31.6. The average Bonchev–Trinajstić information content (AvgIpc) is 2.39. The van der Waals surface area contributed by atoms with Crippen molar-refractivity contribution in [2.45, 2.75) is 0 Å². The molecule has 6 heteroatoms. The minimum atomic E-state index is -4.67. The molecule has 0 heterocycles. The number of phenolic OH excluding ortho intramolecular Hbond substituents is 1. The van der Waals surface area contributed by atoms with Crippen LogP contribution in [-0.2, 0) is 10.4 Å². The van der Waals surface area contributed by atoms with Gasteiger partial charge in [0.05, 0.1) is 0 Å². The number of benzene rings is 2. The van der Waals surface area contributed by atoms with Crippen molar-refractivity contribution >= 4 is 16.5 Å². The van der Waals surface area contributed by atoms with Crippen molar-refractivity contribution in [3.05, 3.63) is 72.8 Å². The second-order valence-electron chi connectivity index (χ2n) is 3.40. The molecule has 108 valence electrons. The van der Waals surface area contributed by atoms with Gasteiger partial charge in [0.25, 0.3) is 0 Å². The Kier molecular flexibility index (Phi) is 8.69. The van der Waals surface area contributed by atoms with E-state index in [1.54, 1.807) is 24.3 Å². The number of aromatic hydroxyl groups is 1. The van der Waals surface area contributed by atoms with E-state index in [4.69, 9.17) is 22.6 Å². The molecular formula is C14H16O5S. The summed E-state index contributed by atoms with van der Waals surface area (Å²) in [6, 6.07) is 18.7. The molecule has 0 aliphatic heterocycles. The molecule has 0 saturated heterocycles. The second kappa shape index (κ2) is 9.74. The van der Waals surface area contributed by atoms with Crippen molar-refractivity contribution in [3.63, 3.8) is 0 Å². The molecule has 5 nitrogen and oxygen atoms in total. The summed E-state index contributed by atoms with van der Waals surface area (Å²) >= 11 is 0. The summed E-state index contributed by atoms with van der Waals surface area (Å²) in [5.41, 5.74) is 1.17. The minimum absolute atomic E-state index is 0.322. The molecule has 0 aliphatic rings. The van der Waals surface area contributed by atoms with Crippen molar-refractivity contribution in [2.75, 3.05) is 0 Å². The van der Waals surface area contributed by atoms with Gasteiger partial charge in [0.15, 0.2) is 0 Å². The number of hydrogen-bond acceptors (Lipinski definition) is 3. The van der Waals surface area contributed by atoms with Crippen LogP contribution in [0.15, 0.2) is 67.2 Å². The van der Waals surface area contributed by atoms with Crippen LogP contribution in [0.3, 0.4) is 0 Å². The molecule has 0 aromatic heterocycles. The van der Waals surface area contributed by atoms with Gasteiger partial charge in [0.1, 0.15) is 5.75 Å². The van der Waals surface area contributed by atoms with E-state index in [-0.39, 0.29) is 0 Å². The van der Waals surface area contributed by atoms with Crippen molar-refractivity contribution in [3.8, 4) is 5.75 Å². The molecule has 0 bridgehead atoms. The van der Waals surface area contributed by atoms with Gasteiger partial charge in [-0.1, -0.05) is 61.2 Å². The van der Waals surface area contributed by atoms with Crippen molar-refractivity contribution in [2.24, 2.45) is 0 Å². The van der Waals surface area contributed by atoms with Crippen molar-refractivity contribution < 1.29 is 22.6 Å². The van der Waals surface area contributed by atoms with Crippen LogP contribution in [0.2, 0.25) is 0 Å². The highest BCUT2D eigenvalue weighted by Crippen LogP contribution is 2.02. The van der Waals surface area contributed by atoms with E-state index in [0.29, 0.717) is 5.75 Å². The number of rotatable bonds is 1. The number of phenols is 1. The Morgan fingerprint density at radius 2 is 1.20 bits per heavy atom. The van der Waals surface area contributed by atoms with Crippen LogP contribution in [0, 0.1) is 0 Å². The topological polar surface area (TPSA) is 94.8 Å². The van der Waals surface area contributed by atoms with Gasteiger partial charge in [-0.05, 0) is 17.7 Å². The third kappa shape index (κ3) is 13.9. The van der Waals surface area contributed by atoms with Gasteiger partial charge in [-0.2, -0.15) is 8.42 Å². The van der Waals surface area contributed by atoms with Crippen LogP contribution in [0.4, 0.5) is 0 Å². The smallest absolute Gasteiger partial charge is 0.394 e. The van der Waals surface area contributed by atoms with Gasteiger partial charge >= 0.3 is 10.4 Å². The zero-order valence-corrected chi connectivity index (χ0v) is 11.4. The van der Waals surface area contributed by atoms with Gasteiger partial charge in [0, 0.05) is 0 Å². The van der Waals surface area contributed by atoms with Crippen LogP contribution in [0.1, 0.15) is 5.56 Å². The summed E-state index contributed by atoms with van der Waals surface area (Å²) in [7, 11) is -4.67. The lowest BCUT2D eigenvalue weighted by Gasteiger charge is -1.85. The summed E-state index contributed by atoms with van der Waals surface area (Å²) in [5.74, 6) is 0.322. The summed E-state index contributed by atoms with van der Waals surface area (Å²) in [4.78, 5) is 0. The molecule has 0 unspecified atom stereocenters. The number of hydrogen-bond donors (Lipinski definition) is 3. The highest BCUT2D eigenvalue weighted by Gasteiger charge is 1.84. The van der Waals surface area contributed by atoms with Crippen LogP contribution >= 0.6 is 0 Å². The Labute approximate surface area is 118 Å². The van der Waals surface area contributed by atoms with Gasteiger partial charge in [-0.25, -0.2) is 0 Å². The first-order valence-electron chi connectivity index (χ1n) is 5.44. The molecule has 3 N–H and O–H groups in total. The lowest BCUT2D eigenvalue weighted by atomic mass is 10.2. The summed E-state index contributed by atoms with van der Waals surface area (Å²) in [6.45, 7) is 3.63. The zero-order chi connectivity index (χ0) is 15.4. The largest absolute Gasteiger partial charge is 0.508 e. The highest BCUT2D eigenvalue weighted by molar-refractivity contribution is 7.79. The van der Waals surface area contributed by atoms with Crippen LogP contribution < -0.4 is 0 Å². The molecule has 20 heavy (non-hydrogen) atoms. The predicted octanol–water partition coefficient (Wildman–Crippen LogP) is 3.07. The van der Waals surface area contributed by atoms with Gasteiger partial charge in [-0.3, -0.25) is 9.11 Å². The molecule has 0 spiro atoms. The van der Waals surface area contributed by atoms with E-state index in [1.165, 1.54) is 5.56 Å². The quantitative estimate of drug-likeness (QED) is 0.703. The predicted molar refractivity (Wildman–Crippen MR) is 78.8 cm³/mol. The highest BCUT2D eigenvalue weighted by atomic mass is 32.3. The molecule has 0 atom stereocenters. The third-order valence-corrected chi connectivity index (χ3v) is 1.79. The Morgan fingerprint density at radius 1 is 0.850 bits per heavy atom. The van der Waals surface area contributed by atoms with E-state index in [2.05, 4.69) is 6.58 Å². The first-order valence-corrected chi connectivity index (χ1v) is 6.84. The molecular weight excluding hydrogens is 280 g/mol. The number of para-hydroxylation sites is 1. The molecule has 0 saturated carbocycles. The maximum absolute atomic E-state index is 8.74. The second-order valence-corrected chi connectivity index (χ2v) is 4.29. The van der Waals surface area contributed by atoms with Gasteiger partial charge < -0.3 is 5.11 Å². The summed E-state index contributed by atoms with van der Waals surface area (Å²) in [5, 5.41) is 8.63. The first-order chi connectivity index (χ1) is 9.33. The van der Waals surface area contributed by atoms with Crippen molar-refractivity contribution in [1.29, 1.82) is 0 Å². The Bertz CT molecular complexity index is 571. The van der Waals surface area contributed by atoms with E-state index in [9.17, 15) is 0 Å². The fraction of sp³-hybridized carbons (Fsp3) is 0. The Balaban J connectivity index is 0.000000280. The fourth-order valence-electron chi connectivity index (χ4n) is 1.02. The average molecular weight is 296 g/mol. The van der Waals surface area contributed by atoms with E-state index < -0.39 is 10.4 Å². The SMILES string of the molecule is C=Cc1ccccc1.O=S(=O)(O)O.Oc1ccccc1. The van der Waals surface area contributed by atoms with Crippen LogP contribution in [-0.4, -0.2) is 22.6 Å². The van der Waals surface area contributed by atoms with Crippen LogP contribution in [0.5, 0.6) is 5.75 Å². The fourth-order valence-corrected chi connectivity index (χ4v) is 1.02. The standard InChI is InChI=1S/C8H8.C6H6O.H2O4S/c1-2-8-6-4-3-5-7-8;7-6-4-2-1-3-5-6;1-5(2,3)4/h2-7H,1H2;1-5,7H;(H2,1,2,3,4). The molecule has 0 radical (unpaired) electrons. The normalized spacial score (nSPS) is 9.30. The van der Waals surface area contributed by atoms with Crippen LogP contribution in [0.25, 0.3) is 6.08 Å². The summed E-state index contributed by atoms with van der Waals surface area (Å²) in [6.07, 6.45) is 1.83. The maximum atomic E-state index is 8.74. The zero-order valence-electron chi connectivity index (χ0n) is 10.6. The van der Waals surface area contributed by atoms with E-state index in [0.717, 1.165) is 0 Å². The van der Waals surface area contributed by atoms with Gasteiger partial charge in [0.2, 0.25) is 0 Å². The van der Waals surface area contributed by atoms with E-state index >= 15 is 0 Å². The maximum Gasteiger partial charge on any atom is 0.394 e. The molecule has 2 aromatic rings. The molecule has 0 fully saturated rings. The van der Waals surface area contributed by atoms with Gasteiger partial charge in [-0.15, -0.1) is 0 Å². The third-order valence-electron chi connectivity index (χ3n) is 1.79. The minimum Gasteiger partial charge on any atom is -0.508 e. The molecule has 2 rings (SSSR count). The monoisotopic (exact) mass is 296 g/mol. The molecule has 0 amide bonds. The first kappa shape index (κ1) is 17.8. The lowest BCUT2D eigenvalue weighted by molar-refractivity contribution is 0.381. The Hall–Kier alpha value is -2.15. The lowest BCUT2D eigenvalue weighted by Crippen LogP contribution is -1.89. The van der Waals surface area contributed by atoms with E-state index in [1.807, 2.05) is 42.5 Å². The molecule has 0 aliphatic carbocycles.